The molecule has 3 fully saturated rings. The molecule has 3 aliphatic rings. The number of carbonyl (C=O) groups is 1. The molecular weight excluding hydrogens is 494 g/mol. The highest BCUT2D eigenvalue weighted by atomic mass is 19.1. The Hall–Kier alpha value is -3.28. The summed E-state index contributed by atoms with van der Waals surface area (Å²) in [6.07, 6.45) is 5.73. The number of anilines is 2. The van der Waals surface area contributed by atoms with Gasteiger partial charge in [0.25, 0.3) is 0 Å². The lowest BCUT2D eigenvalue weighted by Crippen LogP contribution is -2.53. The lowest BCUT2D eigenvalue weighted by molar-refractivity contribution is 0.0418. The molecule has 3 aromatic rings. The molecule has 2 amide bonds. The molecule has 10 nitrogen and oxygen atoms in total. The summed E-state index contributed by atoms with van der Waals surface area (Å²) in [6.45, 7) is 6.53. The Balaban J connectivity index is 1.29. The number of nitrogens with zero attached hydrogens (tertiary/aromatic N) is 6. The molecule has 204 valence electrons. The maximum Gasteiger partial charge on any atom is 0.322 e. The molecule has 1 spiro atoms. The second-order valence-corrected chi connectivity index (χ2v) is 11.9. The zero-order valence-electron chi connectivity index (χ0n) is 22.2. The number of urea groups is 1. The Labute approximate surface area is 219 Å². The van der Waals surface area contributed by atoms with Gasteiger partial charge in [-0.25, -0.2) is 13.6 Å². The van der Waals surface area contributed by atoms with Crippen LogP contribution in [-0.4, -0.2) is 85.6 Å². The molecule has 1 aliphatic carbocycles. The first-order valence-corrected chi connectivity index (χ1v) is 13.1. The van der Waals surface area contributed by atoms with Crippen molar-refractivity contribution in [3.8, 4) is 11.4 Å². The molecule has 1 saturated carbocycles. The monoisotopic (exact) mass is 528 g/mol. The van der Waals surface area contributed by atoms with E-state index in [1.807, 2.05) is 6.07 Å². The van der Waals surface area contributed by atoms with E-state index in [-0.39, 0.29) is 18.7 Å². The van der Waals surface area contributed by atoms with Crippen molar-refractivity contribution in [1.29, 1.82) is 0 Å². The van der Waals surface area contributed by atoms with Crippen LogP contribution in [0.1, 0.15) is 46.5 Å². The summed E-state index contributed by atoms with van der Waals surface area (Å²) >= 11 is 0. The normalized spacial score (nSPS) is 23.2. The lowest BCUT2D eigenvalue weighted by Gasteiger charge is -2.41. The van der Waals surface area contributed by atoms with E-state index in [4.69, 9.17) is 9.84 Å². The molecule has 12 heteroatoms. The highest BCUT2D eigenvalue weighted by molar-refractivity contribution is 5.96. The average molecular weight is 529 g/mol. The van der Waals surface area contributed by atoms with Gasteiger partial charge >= 0.3 is 6.03 Å². The summed E-state index contributed by atoms with van der Waals surface area (Å²) in [5.41, 5.74) is -0.816. The van der Waals surface area contributed by atoms with Crippen LogP contribution in [0.15, 0.2) is 18.5 Å². The number of ether oxygens (including phenoxy) is 1. The Kier molecular flexibility index (Phi) is 5.68. The van der Waals surface area contributed by atoms with Crippen LogP contribution in [-0.2, 0) is 11.3 Å². The summed E-state index contributed by atoms with van der Waals surface area (Å²) in [5, 5.41) is 15.6. The Morgan fingerprint density at radius 2 is 2.05 bits per heavy atom. The number of hydrogen-bond acceptors (Lipinski definition) is 6. The number of piperidine rings is 1. The smallest absolute Gasteiger partial charge is 0.322 e. The van der Waals surface area contributed by atoms with Gasteiger partial charge in [-0.05, 0) is 46.1 Å². The van der Waals surface area contributed by atoms with Gasteiger partial charge in [-0.15, -0.1) is 0 Å². The first-order valence-electron chi connectivity index (χ1n) is 13.1. The molecule has 2 saturated heterocycles. The summed E-state index contributed by atoms with van der Waals surface area (Å²) in [7, 11) is 1.69. The topological polar surface area (TPSA) is 104 Å². The maximum atomic E-state index is 14.7. The van der Waals surface area contributed by atoms with Crippen LogP contribution < -0.4 is 10.2 Å². The van der Waals surface area contributed by atoms with Crippen LogP contribution >= 0.6 is 0 Å². The number of aromatic nitrogens is 5. The molecule has 5 heterocycles. The van der Waals surface area contributed by atoms with E-state index in [0.29, 0.717) is 49.6 Å². The number of halogens is 2. The Bertz CT molecular complexity index is 1370. The molecule has 38 heavy (non-hydrogen) atoms. The Morgan fingerprint density at radius 1 is 1.29 bits per heavy atom. The van der Waals surface area contributed by atoms with Gasteiger partial charge in [0.15, 0.2) is 5.82 Å². The van der Waals surface area contributed by atoms with Crippen molar-refractivity contribution in [2.75, 3.05) is 37.0 Å². The minimum absolute atomic E-state index is 0.0750. The molecule has 1 atom stereocenters. The minimum Gasteiger partial charge on any atom is -0.378 e. The van der Waals surface area contributed by atoms with Crippen LogP contribution in [0.3, 0.4) is 0 Å². The van der Waals surface area contributed by atoms with Gasteiger partial charge in [0.1, 0.15) is 17.0 Å². The summed E-state index contributed by atoms with van der Waals surface area (Å²) in [6, 6.07) is 1.57. The number of hydrogen-bond donors (Lipinski definition) is 2. The number of rotatable bonds is 6. The minimum atomic E-state index is -1.47. The summed E-state index contributed by atoms with van der Waals surface area (Å²) in [5.74, 6) is 0.745. The quantitative estimate of drug-likeness (QED) is 0.495. The van der Waals surface area contributed by atoms with Crippen molar-refractivity contribution in [1.82, 2.24) is 29.9 Å². The average Bonchev–Trinajstić information content (AvgIpc) is 3.24. The van der Waals surface area contributed by atoms with Crippen LogP contribution in [0.5, 0.6) is 0 Å². The van der Waals surface area contributed by atoms with Crippen molar-refractivity contribution in [2.45, 2.75) is 76.0 Å². The third kappa shape index (κ3) is 4.48. The molecule has 3 aromatic heterocycles. The third-order valence-corrected chi connectivity index (χ3v) is 7.96. The van der Waals surface area contributed by atoms with Crippen LogP contribution in [0.2, 0.25) is 0 Å². The zero-order valence-corrected chi connectivity index (χ0v) is 22.2. The van der Waals surface area contributed by atoms with Gasteiger partial charge in [0, 0.05) is 44.9 Å². The number of carbonyl (C=O) groups excluding carboxylic acids is 1. The second-order valence-electron chi connectivity index (χ2n) is 11.9. The number of amides is 2. The standard InChI is InChI=1S/C26H34F2N8O2/c1-24(2,27)15-36-20-9-18(29-10-17(20)22(33-36)34-12-16(13-34)38-4)21-19(11-30-32-21)31-23(37)35-8-7-25(3,28)14-26(35)5-6-26/h9-11,16H,5-8,12-15H2,1-4H3,(H,30,32)(H,31,37). The van der Waals surface area contributed by atoms with Gasteiger partial charge < -0.3 is 19.9 Å². The van der Waals surface area contributed by atoms with E-state index in [2.05, 4.69) is 25.4 Å². The van der Waals surface area contributed by atoms with Gasteiger partial charge in [0.05, 0.1) is 41.1 Å². The number of nitrogens with one attached hydrogen (secondary N) is 2. The van der Waals surface area contributed by atoms with Crippen molar-refractivity contribution in [3.63, 3.8) is 0 Å². The Morgan fingerprint density at radius 3 is 2.74 bits per heavy atom. The SMILES string of the molecule is COC1CN(c2nn(CC(C)(C)F)c3cc(-c4[nH]ncc4NC(=O)N4CCC(C)(F)CC45CC5)ncc23)C1. The van der Waals surface area contributed by atoms with E-state index < -0.39 is 16.9 Å². The highest BCUT2D eigenvalue weighted by Gasteiger charge is 2.56. The fourth-order valence-corrected chi connectivity index (χ4v) is 5.78. The van der Waals surface area contributed by atoms with Crippen LogP contribution in [0, 0.1) is 0 Å². The number of methoxy groups -OCH3 is 1. The molecule has 2 aliphatic heterocycles. The molecule has 0 aromatic carbocycles. The number of likely N-dealkylation sites (tertiary alicyclic amines) is 1. The number of alkyl halides is 2. The van der Waals surface area contributed by atoms with Crippen molar-refractivity contribution in [3.05, 3.63) is 18.5 Å². The number of aromatic amines is 1. The predicted molar refractivity (Wildman–Crippen MR) is 140 cm³/mol. The van der Waals surface area contributed by atoms with E-state index in [1.165, 1.54) is 13.8 Å². The third-order valence-electron chi connectivity index (χ3n) is 7.96. The fraction of sp³-hybridized carbons (Fsp3) is 0.615. The van der Waals surface area contributed by atoms with Gasteiger partial charge in [-0.3, -0.25) is 14.8 Å². The van der Waals surface area contributed by atoms with Crippen LogP contribution in [0.25, 0.3) is 22.3 Å². The fourth-order valence-electron chi connectivity index (χ4n) is 5.78. The van der Waals surface area contributed by atoms with Crippen LogP contribution in [0.4, 0.5) is 25.1 Å². The zero-order chi connectivity index (χ0) is 26.9. The van der Waals surface area contributed by atoms with E-state index in [1.54, 1.807) is 36.0 Å². The molecule has 2 N–H and O–H groups in total. The largest absolute Gasteiger partial charge is 0.378 e. The summed E-state index contributed by atoms with van der Waals surface area (Å²) in [4.78, 5) is 21.8. The molecule has 6 rings (SSSR count). The molecule has 0 bridgehead atoms. The number of H-pyrrole nitrogens is 1. The highest BCUT2D eigenvalue weighted by Crippen LogP contribution is 2.52. The molecule has 1 unspecified atom stereocenters. The van der Waals surface area contributed by atoms with Crippen molar-refractivity contribution >= 4 is 28.4 Å². The van der Waals surface area contributed by atoms with Gasteiger partial charge in [-0.2, -0.15) is 10.2 Å². The predicted octanol–water partition coefficient (Wildman–Crippen LogP) is 4.29. The molecule has 0 radical (unpaired) electrons. The van der Waals surface area contributed by atoms with E-state index >= 15 is 0 Å². The van der Waals surface area contributed by atoms with E-state index in [0.717, 1.165) is 29.6 Å². The summed E-state index contributed by atoms with van der Waals surface area (Å²) < 4.78 is 36.4. The molecular formula is C26H34F2N8O2. The first kappa shape index (κ1) is 25.0. The maximum absolute atomic E-state index is 14.7. The second kappa shape index (κ2) is 8.62. The van der Waals surface area contributed by atoms with E-state index in [9.17, 15) is 13.6 Å². The lowest BCUT2D eigenvalue weighted by atomic mass is 9.88. The van der Waals surface area contributed by atoms with Crippen molar-refractivity contribution in [2.24, 2.45) is 0 Å². The first-order chi connectivity index (χ1) is 18.0. The van der Waals surface area contributed by atoms with Gasteiger partial charge in [-0.1, -0.05) is 0 Å². The van der Waals surface area contributed by atoms with Gasteiger partial charge in [0.2, 0.25) is 0 Å². The van der Waals surface area contributed by atoms with Crippen molar-refractivity contribution < 1.29 is 18.3 Å². The number of fused-ring (bicyclic) bond motifs is 1. The number of pyridine rings is 1.